The number of nitrogens with zero attached hydrogens (tertiary/aromatic N) is 2. The highest BCUT2D eigenvalue weighted by Gasteiger charge is 2.24. The summed E-state index contributed by atoms with van der Waals surface area (Å²) in [5, 5.41) is 0. The average Bonchev–Trinajstić information content (AvgIpc) is 2.90. The molecule has 0 aromatic heterocycles. The summed E-state index contributed by atoms with van der Waals surface area (Å²) < 4.78 is 5.23. The van der Waals surface area contributed by atoms with Crippen LogP contribution in [0.2, 0.25) is 0 Å². The molecule has 0 spiro atoms. The third kappa shape index (κ3) is 4.62. The maximum Gasteiger partial charge on any atom is 0.254 e. The average molecular weight is 447 g/mol. The van der Waals surface area contributed by atoms with Crippen molar-refractivity contribution < 1.29 is 9.53 Å². The van der Waals surface area contributed by atoms with Crippen molar-refractivity contribution in [3.05, 3.63) is 131 Å². The molecule has 0 atom stereocenters. The predicted octanol–water partition coefficient (Wildman–Crippen LogP) is 6.06. The molecular formula is C30H26N2O2. The van der Waals surface area contributed by atoms with Crippen LogP contribution < -0.4 is 4.74 Å². The monoisotopic (exact) mass is 446 g/mol. The minimum atomic E-state index is 0.0685. The van der Waals surface area contributed by atoms with Gasteiger partial charge in [-0.15, -0.1) is 0 Å². The summed E-state index contributed by atoms with van der Waals surface area (Å²) in [4.78, 5) is 20.1. The molecule has 0 bridgehead atoms. The molecule has 168 valence electrons. The molecule has 0 saturated carbocycles. The maximum atomic E-state index is 13.2. The minimum Gasteiger partial charge on any atom is -0.497 e. The zero-order chi connectivity index (χ0) is 23.3. The number of rotatable bonds is 6. The van der Waals surface area contributed by atoms with Crippen molar-refractivity contribution in [3.8, 4) is 5.75 Å². The predicted molar refractivity (Wildman–Crippen MR) is 136 cm³/mol. The SMILES string of the molecule is COc1ccc(CN2CCc3cc(N=C(c4ccccc4)c4ccccc4)ccc3C2=O)cc1. The van der Waals surface area contributed by atoms with Crippen LogP contribution in [0.3, 0.4) is 0 Å². The van der Waals surface area contributed by atoms with Gasteiger partial charge in [-0.2, -0.15) is 0 Å². The number of ether oxygens (including phenoxy) is 1. The van der Waals surface area contributed by atoms with Crippen LogP contribution in [-0.2, 0) is 13.0 Å². The third-order valence-corrected chi connectivity index (χ3v) is 6.13. The minimum absolute atomic E-state index is 0.0685. The lowest BCUT2D eigenvalue weighted by molar-refractivity contribution is 0.0727. The molecule has 0 unspecified atom stereocenters. The molecule has 0 N–H and O–H groups in total. The fourth-order valence-corrected chi connectivity index (χ4v) is 4.31. The number of amides is 1. The van der Waals surface area contributed by atoms with E-state index in [2.05, 4.69) is 30.3 Å². The highest BCUT2D eigenvalue weighted by atomic mass is 16.5. The Morgan fingerprint density at radius 3 is 2.12 bits per heavy atom. The van der Waals surface area contributed by atoms with E-state index in [9.17, 15) is 4.79 Å². The van der Waals surface area contributed by atoms with Crippen LogP contribution >= 0.6 is 0 Å². The molecule has 1 heterocycles. The van der Waals surface area contributed by atoms with Gasteiger partial charge in [0.25, 0.3) is 5.91 Å². The summed E-state index contributed by atoms with van der Waals surface area (Å²) in [5.74, 6) is 0.886. The van der Waals surface area contributed by atoms with E-state index in [1.54, 1.807) is 7.11 Å². The Morgan fingerprint density at radius 1 is 0.853 bits per heavy atom. The molecule has 0 fully saturated rings. The van der Waals surface area contributed by atoms with Crippen LogP contribution in [0.4, 0.5) is 5.69 Å². The van der Waals surface area contributed by atoms with Gasteiger partial charge in [0.05, 0.1) is 18.5 Å². The van der Waals surface area contributed by atoms with Crippen LogP contribution in [0.15, 0.2) is 108 Å². The standard InChI is InChI=1S/C30H26N2O2/c1-34-27-15-12-22(13-16-27)21-32-19-18-25-20-26(14-17-28(25)30(32)33)31-29(23-8-4-2-5-9-23)24-10-6-3-7-11-24/h2-17,20H,18-19,21H2,1H3. The van der Waals surface area contributed by atoms with E-state index < -0.39 is 0 Å². The quantitative estimate of drug-likeness (QED) is 0.338. The van der Waals surface area contributed by atoms with Gasteiger partial charge >= 0.3 is 0 Å². The van der Waals surface area contributed by atoms with Crippen molar-refractivity contribution in [2.24, 2.45) is 4.99 Å². The first-order chi connectivity index (χ1) is 16.7. The van der Waals surface area contributed by atoms with Gasteiger partial charge in [0, 0.05) is 29.8 Å². The zero-order valence-corrected chi connectivity index (χ0v) is 19.1. The van der Waals surface area contributed by atoms with E-state index in [1.807, 2.05) is 77.7 Å². The van der Waals surface area contributed by atoms with Crippen molar-refractivity contribution in [3.63, 3.8) is 0 Å². The number of benzene rings is 4. The Morgan fingerprint density at radius 2 is 1.50 bits per heavy atom. The molecular weight excluding hydrogens is 420 g/mol. The summed E-state index contributed by atoms with van der Waals surface area (Å²) in [6.07, 6.45) is 0.812. The lowest BCUT2D eigenvalue weighted by Crippen LogP contribution is -2.36. The van der Waals surface area contributed by atoms with E-state index in [1.165, 1.54) is 0 Å². The second kappa shape index (κ2) is 9.75. The first-order valence-corrected chi connectivity index (χ1v) is 11.5. The first kappa shape index (κ1) is 21.7. The first-order valence-electron chi connectivity index (χ1n) is 11.5. The number of aliphatic imine (C=N–C) groups is 1. The fraction of sp³-hybridized carbons (Fsp3) is 0.133. The smallest absolute Gasteiger partial charge is 0.254 e. The van der Waals surface area contributed by atoms with E-state index >= 15 is 0 Å². The third-order valence-electron chi connectivity index (χ3n) is 6.13. The number of methoxy groups -OCH3 is 1. The van der Waals surface area contributed by atoms with Crippen LogP contribution in [0.5, 0.6) is 5.75 Å². The number of fused-ring (bicyclic) bond motifs is 1. The Bertz CT molecular complexity index is 1270. The molecule has 4 nitrogen and oxygen atoms in total. The number of carbonyl (C=O) groups is 1. The number of hydrogen-bond acceptors (Lipinski definition) is 3. The van der Waals surface area contributed by atoms with E-state index in [0.717, 1.165) is 51.4 Å². The lowest BCUT2D eigenvalue weighted by Gasteiger charge is -2.29. The van der Waals surface area contributed by atoms with Gasteiger partial charge in [0.15, 0.2) is 0 Å². The van der Waals surface area contributed by atoms with E-state index in [-0.39, 0.29) is 5.91 Å². The zero-order valence-electron chi connectivity index (χ0n) is 19.1. The maximum absolute atomic E-state index is 13.2. The number of carbonyl (C=O) groups excluding carboxylic acids is 1. The Labute approximate surface area is 200 Å². The van der Waals surface area contributed by atoms with Crippen LogP contribution in [0, 0.1) is 0 Å². The van der Waals surface area contributed by atoms with Gasteiger partial charge < -0.3 is 9.64 Å². The van der Waals surface area contributed by atoms with Gasteiger partial charge in [0.1, 0.15) is 5.75 Å². The number of hydrogen-bond donors (Lipinski definition) is 0. The van der Waals surface area contributed by atoms with E-state index in [0.29, 0.717) is 13.1 Å². The molecule has 1 aliphatic heterocycles. The summed E-state index contributed by atoms with van der Waals surface area (Å²) >= 11 is 0. The lowest BCUT2D eigenvalue weighted by atomic mass is 9.97. The molecule has 0 saturated heterocycles. The molecule has 4 aromatic rings. The highest BCUT2D eigenvalue weighted by molar-refractivity contribution is 6.14. The summed E-state index contributed by atoms with van der Waals surface area (Å²) in [7, 11) is 1.65. The van der Waals surface area contributed by atoms with Crippen molar-refractivity contribution >= 4 is 17.3 Å². The summed E-state index contributed by atoms with van der Waals surface area (Å²) in [6.45, 7) is 1.28. The largest absolute Gasteiger partial charge is 0.497 e. The van der Waals surface area contributed by atoms with Gasteiger partial charge in [-0.3, -0.25) is 4.79 Å². The molecule has 5 rings (SSSR count). The molecule has 34 heavy (non-hydrogen) atoms. The van der Waals surface area contributed by atoms with Crippen LogP contribution in [0.1, 0.15) is 32.6 Å². The Kier molecular flexibility index (Phi) is 6.21. The topological polar surface area (TPSA) is 41.9 Å². The van der Waals surface area contributed by atoms with Crippen LogP contribution in [-0.4, -0.2) is 30.2 Å². The Hall–Kier alpha value is -4.18. The molecule has 4 aromatic carbocycles. The van der Waals surface area contributed by atoms with E-state index in [4.69, 9.17) is 9.73 Å². The van der Waals surface area contributed by atoms with Gasteiger partial charge in [-0.05, 0) is 47.9 Å². The molecule has 1 aliphatic rings. The second-order valence-electron chi connectivity index (χ2n) is 8.36. The normalized spacial score (nSPS) is 12.7. The van der Waals surface area contributed by atoms with Crippen LogP contribution in [0.25, 0.3) is 0 Å². The van der Waals surface area contributed by atoms with Gasteiger partial charge in [0.2, 0.25) is 0 Å². The van der Waals surface area contributed by atoms with Gasteiger partial charge in [-0.25, -0.2) is 4.99 Å². The molecule has 1 amide bonds. The van der Waals surface area contributed by atoms with Crippen molar-refractivity contribution in [2.75, 3.05) is 13.7 Å². The molecule has 4 heteroatoms. The molecule has 0 aliphatic carbocycles. The van der Waals surface area contributed by atoms with Crippen molar-refractivity contribution in [2.45, 2.75) is 13.0 Å². The van der Waals surface area contributed by atoms with Crippen molar-refractivity contribution in [1.29, 1.82) is 0 Å². The molecule has 0 radical (unpaired) electrons. The second-order valence-corrected chi connectivity index (χ2v) is 8.36. The van der Waals surface area contributed by atoms with Crippen molar-refractivity contribution in [1.82, 2.24) is 4.90 Å². The highest BCUT2D eigenvalue weighted by Crippen LogP contribution is 2.27. The Balaban J connectivity index is 1.42. The summed E-state index contributed by atoms with van der Waals surface area (Å²) in [6, 6.07) is 34.2. The van der Waals surface area contributed by atoms with Gasteiger partial charge in [-0.1, -0.05) is 72.8 Å². The fourth-order valence-electron chi connectivity index (χ4n) is 4.31. The summed E-state index contributed by atoms with van der Waals surface area (Å²) in [5.41, 5.74) is 6.81.